The van der Waals surface area contributed by atoms with Gasteiger partial charge in [0.05, 0.1) is 0 Å². The van der Waals surface area contributed by atoms with Gasteiger partial charge in [-0.25, -0.2) is 0 Å². The summed E-state index contributed by atoms with van der Waals surface area (Å²) in [6.07, 6.45) is 7.55. The fourth-order valence-electron chi connectivity index (χ4n) is 3.76. The van der Waals surface area contributed by atoms with Gasteiger partial charge in [-0.3, -0.25) is 9.69 Å². The zero-order valence-electron chi connectivity index (χ0n) is 18.8. The zero-order valence-corrected chi connectivity index (χ0v) is 18.8. The van der Waals surface area contributed by atoms with E-state index in [1.165, 1.54) is 25.8 Å². The van der Waals surface area contributed by atoms with Gasteiger partial charge in [0.2, 0.25) is 0 Å². The molecule has 2 rings (SSSR count). The minimum absolute atomic E-state index is 0.0767. The van der Waals surface area contributed by atoms with Crippen molar-refractivity contribution >= 4 is 11.6 Å². The van der Waals surface area contributed by atoms with Crippen molar-refractivity contribution < 1.29 is 14.3 Å². The second-order valence-corrected chi connectivity index (χ2v) is 8.39. The molecular weight excluding hydrogens is 364 g/mol. The number of ether oxygens (including phenoxy) is 2. The summed E-state index contributed by atoms with van der Waals surface area (Å²) in [5.74, 6) is 0.760. The third kappa shape index (κ3) is 7.63. The van der Waals surface area contributed by atoms with Gasteiger partial charge in [0.25, 0.3) is 5.91 Å². The number of rotatable bonds is 12. The first-order valence-electron chi connectivity index (χ1n) is 11.4. The lowest BCUT2D eigenvalue weighted by atomic mass is 9.97. The van der Waals surface area contributed by atoms with E-state index in [9.17, 15) is 4.79 Å². The van der Waals surface area contributed by atoms with E-state index in [4.69, 9.17) is 9.47 Å². The summed E-state index contributed by atoms with van der Waals surface area (Å²) in [5, 5.41) is 3.01. The fraction of sp³-hybridized carbons (Fsp3) is 0.708. The average molecular weight is 405 g/mol. The smallest absolute Gasteiger partial charge is 0.256 e. The molecule has 1 heterocycles. The Labute approximate surface area is 177 Å². The van der Waals surface area contributed by atoms with Gasteiger partial charge in [-0.1, -0.05) is 33.1 Å². The molecule has 1 aromatic carbocycles. The molecule has 29 heavy (non-hydrogen) atoms. The first-order chi connectivity index (χ1) is 14.0. The topological polar surface area (TPSA) is 50.8 Å². The Hall–Kier alpha value is -1.59. The van der Waals surface area contributed by atoms with Crippen LogP contribution in [0.15, 0.2) is 24.3 Å². The summed E-state index contributed by atoms with van der Waals surface area (Å²) in [7, 11) is 0. The highest BCUT2D eigenvalue weighted by molar-refractivity contribution is 5.97. The maximum Gasteiger partial charge on any atom is 0.256 e. The van der Waals surface area contributed by atoms with Crippen molar-refractivity contribution in [1.29, 1.82) is 0 Å². The molecule has 1 aliphatic heterocycles. The van der Waals surface area contributed by atoms with Crippen LogP contribution in [0.2, 0.25) is 0 Å². The van der Waals surface area contributed by atoms with Crippen LogP contribution in [0.25, 0.3) is 0 Å². The lowest BCUT2D eigenvalue weighted by Gasteiger charge is -2.33. The molecule has 1 amide bonds. The molecule has 0 saturated carbocycles. The normalized spacial score (nSPS) is 19.5. The first-order valence-corrected chi connectivity index (χ1v) is 11.4. The van der Waals surface area contributed by atoms with Crippen molar-refractivity contribution in [3.63, 3.8) is 0 Å². The molecule has 1 aromatic rings. The van der Waals surface area contributed by atoms with Gasteiger partial charge in [-0.15, -0.1) is 0 Å². The van der Waals surface area contributed by atoms with Crippen LogP contribution in [0.1, 0.15) is 72.6 Å². The van der Waals surface area contributed by atoms with Crippen molar-refractivity contribution in [2.45, 2.75) is 84.3 Å². The van der Waals surface area contributed by atoms with Crippen molar-refractivity contribution in [2.24, 2.45) is 0 Å². The molecule has 0 aromatic heterocycles. The van der Waals surface area contributed by atoms with Gasteiger partial charge in [-0.2, -0.15) is 0 Å². The van der Waals surface area contributed by atoms with E-state index < -0.39 is 5.60 Å². The second kappa shape index (κ2) is 12.2. The molecule has 164 valence electrons. The number of nitrogens with one attached hydrogen (secondary N) is 1. The quantitative estimate of drug-likeness (QED) is 0.517. The summed E-state index contributed by atoms with van der Waals surface area (Å²) in [6.45, 7) is 11.8. The number of nitrogens with zero attached hydrogens (tertiary/aromatic N) is 1. The lowest BCUT2D eigenvalue weighted by Crippen LogP contribution is -2.43. The van der Waals surface area contributed by atoms with Gasteiger partial charge >= 0.3 is 0 Å². The second-order valence-electron chi connectivity index (χ2n) is 8.39. The highest BCUT2D eigenvalue weighted by Crippen LogP contribution is 2.23. The third-order valence-electron chi connectivity index (χ3n) is 5.81. The summed E-state index contributed by atoms with van der Waals surface area (Å²) in [6, 6.07) is 8.30. The van der Waals surface area contributed by atoms with Crippen molar-refractivity contribution in [1.82, 2.24) is 4.90 Å². The number of hydrogen-bond acceptors (Lipinski definition) is 4. The molecule has 1 saturated heterocycles. The Morgan fingerprint density at radius 2 is 1.93 bits per heavy atom. The van der Waals surface area contributed by atoms with Crippen LogP contribution in [0.3, 0.4) is 0 Å². The molecule has 5 heteroatoms. The molecule has 5 nitrogen and oxygen atoms in total. The van der Waals surface area contributed by atoms with E-state index in [-0.39, 0.29) is 5.91 Å². The van der Waals surface area contributed by atoms with Crippen molar-refractivity contribution in [2.75, 3.05) is 31.6 Å². The van der Waals surface area contributed by atoms with Crippen LogP contribution in [0.4, 0.5) is 5.69 Å². The van der Waals surface area contributed by atoms with E-state index in [1.54, 1.807) is 0 Å². The number of anilines is 1. The van der Waals surface area contributed by atoms with Gasteiger partial charge < -0.3 is 14.8 Å². The molecule has 0 unspecified atom stereocenters. The Balaban J connectivity index is 1.84. The van der Waals surface area contributed by atoms with E-state index in [0.29, 0.717) is 19.3 Å². The molecule has 1 N–H and O–H groups in total. The first kappa shape index (κ1) is 23.7. The highest BCUT2D eigenvalue weighted by Gasteiger charge is 2.33. The largest absolute Gasteiger partial charge is 0.492 e. The number of hydrogen-bond donors (Lipinski definition) is 1. The number of likely N-dealkylation sites (tertiary alicyclic amines) is 1. The Morgan fingerprint density at radius 3 is 2.59 bits per heavy atom. The Morgan fingerprint density at radius 1 is 1.17 bits per heavy atom. The Kier molecular flexibility index (Phi) is 9.95. The van der Waals surface area contributed by atoms with Gasteiger partial charge in [0.15, 0.2) is 0 Å². The SMILES string of the molecule is CCCC[C@@](C)(OCCC)C(=O)Nc1ccc(OCCN2CCCC[C@H]2C)cc1. The molecule has 1 fully saturated rings. The van der Waals surface area contributed by atoms with Crippen LogP contribution in [0, 0.1) is 0 Å². The van der Waals surface area contributed by atoms with Crippen molar-refractivity contribution in [3.05, 3.63) is 24.3 Å². The lowest BCUT2D eigenvalue weighted by molar-refractivity contribution is -0.140. The minimum atomic E-state index is -0.785. The van der Waals surface area contributed by atoms with Gasteiger partial charge in [0.1, 0.15) is 18.0 Å². The number of piperidine rings is 1. The molecule has 0 radical (unpaired) electrons. The molecule has 2 atom stereocenters. The van der Waals surface area contributed by atoms with E-state index in [0.717, 1.165) is 43.7 Å². The molecule has 0 aliphatic carbocycles. The number of amides is 1. The number of unbranched alkanes of at least 4 members (excludes halogenated alkanes) is 1. The summed E-state index contributed by atoms with van der Waals surface area (Å²) >= 11 is 0. The summed E-state index contributed by atoms with van der Waals surface area (Å²) in [4.78, 5) is 15.3. The Bertz CT molecular complexity index is 595. The third-order valence-corrected chi connectivity index (χ3v) is 5.81. The predicted molar refractivity (Wildman–Crippen MR) is 120 cm³/mol. The van der Waals surface area contributed by atoms with Crippen LogP contribution < -0.4 is 10.1 Å². The number of carbonyl (C=O) groups is 1. The highest BCUT2D eigenvalue weighted by atomic mass is 16.5. The van der Waals surface area contributed by atoms with E-state index in [1.807, 2.05) is 31.2 Å². The standard InChI is InChI=1S/C24H40N2O3/c1-5-7-15-24(4,29-18-6-2)23(27)25-21-11-13-22(14-12-21)28-19-17-26-16-9-8-10-20(26)3/h11-14,20H,5-10,15-19H2,1-4H3,(H,25,27)/t20-,24-/m1/s1. The number of benzene rings is 1. The van der Waals surface area contributed by atoms with Crippen LogP contribution in [-0.2, 0) is 9.53 Å². The van der Waals surface area contributed by atoms with E-state index in [2.05, 4.69) is 31.0 Å². The number of carbonyl (C=O) groups excluding carboxylic acids is 1. The van der Waals surface area contributed by atoms with Crippen LogP contribution in [0.5, 0.6) is 5.75 Å². The molecule has 0 spiro atoms. The van der Waals surface area contributed by atoms with Crippen LogP contribution in [-0.4, -0.2) is 48.8 Å². The van der Waals surface area contributed by atoms with Crippen LogP contribution >= 0.6 is 0 Å². The minimum Gasteiger partial charge on any atom is -0.492 e. The van der Waals surface area contributed by atoms with Gasteiger partial charge in [0, 0.05) is 24.9 Å². The molecular formula is C24H40N2O3. The zero-order chi connectivity index (χ0) is 21.1. The maximum absolute atomic E-state index is 12.8. The molecule has 0 bridgehead atoms. The van der Waals surface area contributed by atoms with Crippen molar-refractivity contribution in [3.8, 4) is 5.75 Å². The fourth-order valence-corrected chi connectivity index (χ4v) is 3.76. The summed E-state index contributed by atoms with van der Waals surface area (Å²) < 4.78 is 11.8. The average Bonchev–Trinajstić information content (AvgIpc) is 2.73. The van der Waals surface area contributed by atoms with Gasteiger partial charge in [-0.05, 0) is 70.3 Å². The predicted octanol–water partition coefficient (Wildman–Crippen LogP) is 5.25. The monoisotopic (exact) mass is 404 g/mol. The summed E-state index contributed by atoms with van der Waals surface area (Å²) in [5.41, 5.74) is -0.0124. The maximum atomic E-state index is 12.8. The van der Waals surface area contributed by atoms with E-state index >= 15 is 0 Å². The molecule has 1 aliphatic rings.